The van der Waals surface area contributed by atoms with Crippen molar-refractivity contribution in [1.82, 2.24) is 9.80 Å². The molecule has 1 fully saturated rings. The maximum absolute atomic E-state index is 12.4. The molecule has 0 bridgehead atoms. The second kappa shape index (κ2) is 7.12. The predicted molar refractivity (Wildman–Crippen MR) is 87.7 cm³/mol. The number of nitrogens with zero attached hydrogens (tertiary/aromatic N) is 2. The third-order valence-electron chi connectivity index (χ3n) is 4.22. The Morgan fingerprint density at radius 3 is 2.65 bits per heavy atom. The summed E-state index contributed by atoms with van der Waals surface area (Å²) in [6, 6.07) is 1.84. The van der Waals surface area contributed by atoms with Crippen LogP contribution in [0.3, 0.4) is 0 Å². The number of rotatable bonds is 4. The molecule has 1 aliphatic heterocycles. The molecule has 2 amide bonds. The number of piperidine rings is 1. The average molecular weight is 338 g/mol. The van der Waals surface area contributed by atoms with Gasteiger partial charge in [-0.25, -0.2) is 0 Å². The van der Waals surface area contributed by atoms with E-state index in [1.807, 2.05) is 19.9 Å². The molecule has 126 valence electrons. The lowest BCUT2D eigenvalue weighted by molar-refractivity contribution is -0.145. The zero-order valence-corrected chi connectivity index (χ0v) is 14.5. The highest BCUT2D eigenvalue weighted by Gasteiger charge is 2.29. The van der Waals surface area contributed by atoms with Crippen molar-refractivity contribution in [3.63, 3.8) is 0 Å². The minimum Gasteiger partial charge on any atom is -0.481 e. The Morgan fingerprint density at radius 1 is 1.39 bits per heavy atom. The van der Waals surface area contributed by atoms with Gasteiger partial charge in [0.25, 0.3) is 5.91 Å². The van der Waals surface area contributed by atoms with E-state index in [0.29, 0.717) is 24.3 Å². The summed E-state index contributed by atoms with van der Waals surface area (Å²) in [5.41, 5.74) is 1.07. The van der Waals surface area contributed by atoms with Crippen LogP contribution in [0.4, 0.5) is 0 Å². The van der Waals surface area contributed by atoms with Crippen LogP contribution in [0.2, 0.25) is 0 Å². The summed E-state index contributed by atoms with van der Waals surface area (Å²) >= 11 is 1.42. The molecule has 7 heteroatoms. The lowest BCUT2D eigenvalue weighted by Gasteiger charge is -2.31. The molecule has 1 N–H and O–H groups in total. The van der Waals surface area contributed by atoms with Crippen LogP contribution < -0.4 is 0 Å². The van der Waals surface area contributed by atoms with Gasteiger partial charge in [0.2, 0.25) is 5.91 Å². The maximum Gasteiger partial charge on any atom is 0.308 e. The number of carboxylic acid groups (broad SMARTS) is 1. The smallest absolute Gasteiger partial charge is 0.308 e. The summed E-state index contributed by atoms with van der Waals surface area (Å²) in [5.74, 6) is -1.74. The fourth-order valence-corrected chi connectivity index (χ4v) is 3.68. The van der Waals surface area contributed by atoms with Crippen molar-refractivity contribution in [1.29, 1.82) is 0 Å². The molecule has 2 rings (SSSR count). The fraction of sp³-hybridized carbons (Fsp3) is 0.562. The van der Waals surface area contributed by atoms with Crippen LogP contribution in [0.5, 0.6) is 0 Å². The minimum atomic E-state index is -0.864. The standard InChI is InChI=1S/C16H22N2O4S/c1-10-7-13(23-11(10)2)15(20)17(3)9-14(19)18-6-4-5-12(8-18)16(21)22/h7,12H,4-6,8-9H2,1-3H3,(H,21,22). The van der Waals surface area contributed by atoms with Gasteiger partial charge >= 0.3 is 5.97 Å². The number of likely N-dealkylation sites (N-methyl/N-ethyl adjacent to an activating group) is 1. The zero-order chi connectivity index (χ0) is 17.1. The number of carbonyl (C=O) groups is 3. The monoisotopic (exact) mass is 338 g/mol. The van der Waals surface area contributed by atoms with Gasteiger partial charge in [0.1, 0.15) is 0 Å². The second-order valence-electron chi connectivity index (χ2n) is 6.03. The SMILES string of the molecule is Cc1cc(C(=O)N(C)CC(=O)N2CCCC(C(=O)O)C2)sc1C. The van der Waals surface area contributed by atoms with Gasteiger partial charge in [0.05, 0.1) is 17.3 Å². The molecular formula is C16H22N2O4S. The van der Waals surface area contributed by atoms with Crippen molar-refractivity contribution < 1.29 is 19.5 Å². The Morgan fingerprint density at radius 2 is 2.09 bits per heavy atom. The van der Waals surface area contributed by atoms with Crippen LogP contribution in [0.1, 0.15) is 33.0 Å². The van der Waals surface area contributed by atoms with Crippen LogP contribution in [0.15, 0.2) is 6.07 Å². The highest BCUT2D eigenvalue weighted by Crippen LogP contribution is 2.22. The second-order valence-corrected chi connectivity index (χ2v) is 7.28. The Bertz CT molecular complexity index is 606. The quantitative estimate of drug-likeness (QED) is 0.907. The Balaban J connectivity index is 1.96. The van der Waals surface area contributed by atoms with E-state index < -0.39 is 11.9 Å². The lowest BCUT2D eigenvalue weighted by Crippen LogP contribution is -2.46. The number of hydrogen-bond acceptors (Lipinski definition) is 4. The molecule has 1 aliphatic rings. The maximum atomic E-state index is 12.4. The molecular weight excluding hydrogens is 316 g/mol. The van der Waals surface area contributed by atoms with Crippen LogP contribution in [-0.2, 0) is 9.59 Å². The van der Waals surface area contributed by atoms with Crippen molar-refractivity contribution >= 4 is 29.1 Å². The molecule has 0 radical (unpaired) electrons. The van der Waals surface area contributed by atoms with E-state index in [0.717, 1.165) is 10.4 Å². The first-order chi connectivity index (χ1) is 10.8. The van der Waals surface area contributed by atoms with E-state index >= 15 is 0 Å². The van der Waals surface area contributed by atoms with Crippen LogP contribution in [0.25, 0.3) is 0 Å². The molecule has 1 unspecified atom stereocenters. The molecule has 0 aromatic carbocycles. The number of aliphatic carboxylic acids is 1. The minimum absolute atomic E-state index is 0.0266. The van der Waals surface area contributed by atoms with Crippen molar-refractivity contribution in [2.45, 2.75) is 26.7 Å². The molecule has 0 aliphatic carbocycles. The molecule has 0 spiro atoms. The van der Waals surface area contributed by atoms with E-state index in [9.17, 15) is 14.4 Å². The first kappa shape index (κ1) is 17.5. The Kier molecular flexibility index (Phi) is 5.41. The molecule has 1 saturated heterocycles. The average Bonchev–Trinajstić information content (AvgIpc) is 2.85. The first-order valence-corrected chi connectivity index (χ1v) is 8.44. The third-order valence-corrected chi connectivity index (χ3v) is 5.36. The number of carbonyl (C=O) groups excluding carboxylic acids is 2. The van der Waals surface area contributed by atoms with Gasteiger partial charge in [-0.1, -0.05) is 0 Å². The number of aryl methyl sites for hydroxylation is 2. The van der Waals surface area contributed by atoms with Crippen LogP contribution >= 0.6 is 11.3 Å². The molecule has 0 saturated carbocycles. The number of likely N-dealkylation sites (tertiary alicyclic amines) is 1. The van der Waals surface area contributed by atoms with Crippen molar-refractivity contribution in [2.24, 2.45) is 5.92 Å². The molecule has 1 aromatic heterocycles. The van der Waals surface area contributed by atoms with Crippen LogP contribution in [-0.4, -0.2) is 59.4 Å². The van der Waals surface area contributed by atoms with Gasteiger partial charge in [0.15, 0.2) is 0 Å². The summed E-state index contributed by atoms with van der Waals surface area (Å²) in [6.07, 6.45) is 1.28. The molecule has 1 atom stereocenters. The van der Waals surface area contributed by atoms with Gasteiger partial charge in [-0.2, -0.15) is 0 Å². The van der Waals surface area contributed by atoms with E-state index in [4.69, 9.17) is 5.11 Å². The van der Waals surface area contributed by atoms with Crippen LogP contribution in [0, 0.1) is 19.8 Å². The van der Waals surface area contributed by atoms with E-state index in [1.54, 1.807) is 11.9 Å². The highest BCUT2D eigenvalue weighted by atomic mass is 32.1. The highest BCUT2D eigenvalue weighted by molar-refractivity contribution is 7.14. The summed E-state index contributed by atoms with van der Waals surface area (Å²) in [6.45, 7) is 4.67. The molecule has 1 aromatic rings. The Hall–Kier alpha value is -1.89. The number of thiophene rings is 1. The molecule has 23 heavy (non-hydrogen) atoms. The normalized spacial score (nSPS) is 17.9. The fourth-order valence-electron chi connectivity index (χ4n) is 2.65. The van der Waals surface area contributed by atoms with E-state index in [1.165, 1.54) is 16.2 Å². The zero-order valence-electron chi connectivity index (χ0n) is 13.7. The van der Waals surface area contributed by atoms with Gasteiger partial charge < -0.3 is 14.9 Å². The van der Waals surface area contributed by atoms with E-state index in [2.05, 4.69) is 0 Å². The topological polar surface area (TPSA) is 77.9 Å². The summed E-state index contributed by atoms with van der Waals surface area (Å²) in [7, 11) is 1.60. The number of carboxylic acids is 1. The van der Waals surface area contributed by atoms with Gasteiger partial charge in [-0.15, -0.1) is 11.3 Å². The summed E-state index contributed by atoms with van der Waals surface area (Å²) in [5, 5.41) is 9.08. The molecule has 6 nitrogen and oxygen atoms in total. The largest absolute Gasteiger partial charge is 0.481 e. The van der Waals surface area contributed by atoms with Crippen molar-refractivity contribution in [3.8, 4) is 0 Å². The van der Waals surface area contributed by atoms with Gasteiger partial charge in [0, 0.05) is 25.0 Å². The van der Waals surface area contributed by atoms with Crippen molar-refractivity contribution in [3.05, 3.63) is 21.4 Å². The first-order valence-electron chi connectivity index (χ1n) is 7.62. The number of amides is 2. The third kappa shape index (κ3) is 4.10. The van der Waals surface area contributed by atoms with E-state index in [-0.39, 0.29) is 24.9 Å². The van der Waals surface area contributed by atoms with Gasteiger partial charge in [-0.3, -0.25) is 14.4 Å². The lowest BCUT2D eigenvalue weighted by atomic mass is 9.98. The summed E-state index contributed by atoms with van der Waals surface area (Å²) in [4.78, 5) is 40.4. The Labute approximate surface area is 139 Å². The number of hydrogen-bond donors (Lipinski definition) is 1. The predicted octanol–water partition coefficient (Wildman–Crippen LogP) is 1.76. The molecule has 2 heterocycles. The summed E-state index contributed by atoms with van der Waals surface area (Å²) < 4.78 is 0. The van der Waals surface area contributed by atoms with Gasteiger partial charge in [-0.05, 0) is 38.3 Å². The van der Waals surface area contributed by atoms with Crippen molar-refractivity contribution in [2.75, 3.05) is 26.7 Å².